The smallest absolute Gasteiger partial charge is 0.326 e. The number of ether oxygens (including phenoxy) is 1. The van der Waals surface area contributed by atoms with Crippen molar-refractivity contribution < 1.29 is 19.4 Å². The van der Waals surface area contributed by atoms with Crippen LogP contribution < -0.4 is 5.32 Å². The van der Waals surface area contributed by atoms with E-state index in [1.165, 1.54) is 4.90 Å². The summed E-state index contributed by atoms with van der Waals surface area (Å²) in [6.45, 7) is 5.94. The molecule has 6 nitrogen and oxygen atoms in total. The van der Waals surface area contributed by atoms with E-state index in [1.807, 2.05) is 13.8 Å². The largest absolute Gasteiger partial charge is 0.480 e. The van der Waals surface area contributed by atoms with E-state index in [0.29, 0.717) is 13.0 Å². The van der Waals surface area contributed by atoms with Crippen molar-refractivity contribution in [2.45, 2.75) is 39.3 Å². The number of hydrogen-bond donors (Lipinski definition) is 2. The summed E-state index contributed by atoms with van der Waals surface area (Å²) in [5, 5.41) is 11.6. The number of nitrogens with one attached hydrogen (secondary N) is 1. The van der Waals surface area contributed by atoms with Crippen LogP contribution >= 0.6 is 0 Å². The lowest BCUT2D eigenvalue weighted by molar-refractivity contribution is -0.140. The number of nitrogens with zero attached hydrogens (tertiary/aromatic N) is 1. The molecule has 0 aromatic heterocycles. The number of rotatable bonds is 7. The fraction of sp³-hybridized carbons (Fsp3) is 0.833. The Kier molecular flexibility index (Phi) is 7.35. The topological polar surface area (TPSA) is 78.9 Å². The van der Waals surface area contributed by atoms with Gasteiger partial charge in [-0.25, -0.2) is 9.59 Å². The second-order valence-corrected chi connectivity index (χ2v) is 4.57. The highest BCUT2D eigenvalue weighted by Crippen LogP contribution is 2.09. The van der Waals surface area contributed by atoms with Gasteiger partial charge in [-0.3, -0.25) is 0 Å². The Labute approximate surface area is 108 Å². The zero-order valence-corrected chi connectivity index (χ0v) is 11.8. The lowest BCUT2D eigenvalue weighted by Crippen LogP contribution is -2.52. The molecule has 6 heteroatoms. The van der Waals surface area contributed by atoms with E-state index >= 15 is 0 Å². The van der Waals surface area contributed by atoms with E-state index in [0.717, 1.165) is 0 Å². The van der Waals surface area contributed by atoms with Crippen molar-refractivity contribution >= 4 is 12.0 Å². The predicted octanol–water partition coefficient (Wildman–Crippen LogP) is 1.16. The van der Waals surface area contributed by atoms with Crippen LogP contribution in [-0.2, 0) is 9.53 Å². The standard InChI is InChI=1S/C12H24N2O4/c1-6-8(2)10(11(15)16)13-12(17)14(4)9(3)7-18-5/h8-10H,6-7H2,1-5H3,(H,13,17)(H,15,16). The lowest BCUT2D eigenvalue weighted by atomic mass is 9.99. The summed E-state index contributed by atoms with van der Waals surface area (Å²) in [5.41, 5.74) is 0. The Morgan fingerprint density at radius 2 is 1.94 bits per heavy atom. The second-order valence-electron chi connectivity index (χ2n) is 4.57. The van der Waals surface area contributed by atoms with Crippen molar-refractivity contribution in [3.8, 4) is 0 Å². The van der Waals surface area contributed by atoms with Crippen LogP contribution in [0, 0.1) is 5.92 Å². The summed E-state index contributed by atoms with van der Waals surface area (Å²) in [4.78, 5) is 24.4. The summed E-state index contributed by atoms with van der Waals surface area (Å²) < 4.78 is 4.96. The molecule has 3 unspecified atom stereocenters. The van der Waals surface area contributed by atoms with E-state index in [2.05, 4.69) is 5.32 Å². The number of methoxy groups -OCH3 is 1. The molecule has 0 saturated carbocycles. The van der Waals surface area contributed by atoms with Crippen molar-refractivity contribution in [1.29, 1.82) is 0 Å². The number of likely N-dealkylation sites (N-methyl/N-ethyl adjacent to an activating group) is 1. The van der Waals surface area contributed by atoms with Gasteiger partial charge >= 0.3 is 12.0 Å². The fourth-order valence-electron chi connectivity index (χ4n) is 1.47. The molecule has 18 heavy (non-hydrogen) atoms. The number of aliphatic carboxylic acids is 1. The van der Waals surface area contributed by atoms with Gasteiger partial charge in [-0.1, -0.05) is 20.3 Å². The van der Waals surface area contributed by atoms with Crippen molar-refractivity contribution in [2.24, 2.45) is 5.92 Å². The Balaban J connectivity index is 4.55. The van der Waals surface area contributed by atoms with Crippen LogP contribution in [0.25, 0.3) is 0 Å². The Hall–Kier alpha value is -1.30. The molecule has 2 N–H and O–H groups in total. The zero-order chi connectivity index (χ0) is 14.3. The molecule has 0 aliphatic heterocycles. The highest BCUT2D eigenvalue weighted by Gasteiger charge is 2.27. The minimum absolute atomic E-state index is 0.110. The van der Waals surface area contributed by atoms with Crippen LogP contribution in [0.5, 0.6) is 0 Å². The minimum Gasteiger partial charge on any atom is -0.480 e. The van der Waals surface area contributed by atoms with Crippen LogP contribution in [0.1, 0.15) is 27.2 Å². The minimum atomic E-state index is -1.01. The van der Waals surface area contributed by atoms with E-state index < -0.39 is 18.0 Å². The third kappa shape index (κ3) is 4.91. The van der Waals surface area contributed by atoms with Gasteiger partial charge in [0.25, 0.3) is 0 Å². The molecular weight excluding hydrogens is 236 g/mol. The molecule has 0 fully saturated rings. The third-order valence-corrected chi connectivity index (χ3v) is 3.15. The summed E-state index contributed by atoms with van der Waals surface area (Å²) in [6, 6.07) is -1.37. The second kappa shape index (κ2) is 7.92. The summed E-state index contributed by atoms with van der Waals surface area (Å²) in [5.74, 6) is -1.12. The maximum atomic E-state index is 11.9. The molecule has 0 rings (SSSR count). The summed E-state index contributed by atoms with van der Waals surface area (Å²) in [6.07, 6.45) is 0.689. The monoisotopic (exact) mass is 260 g/mol. The van der Waals surface area contributed by atoms with E-state index in [9.17, 15) is 9.59 Å². The van der Waals surface area contributed by atoms with Crippen molar-refractivity contribution in [1.82, 2.24) is 10.2 Å². The van der Waals surface area contributed by atoms with Crippen molar-refractivity contribution in [2.75, 3.05) is 20.8 Å². The van der Waals surface area contributed by atoms with Crippen molar-refractivity contribution in [3.05, 3.63) is 0 Å². The van der Waals surface area contributed by atoms with E-state index in [-0.39, 0.29) is 12.0 Å². The Morgan fingerprint density at radius 1 is 1.39 bits per heavy atom. The molecule has 0 bridgehead atoms. The van der Waals surface area contributed by atoms with Crippen LogP contribution in [0.4, 0.5) is 4.79 Å². The van der Waals surface area contributed by atoms with Gasteiger partial charge < -0.3 is 20.1 Å². The predicted molar refractivity (Wildman–Crippen MR) is 68.5 cm³/mol. The first-order chi connectivity index (χ1) is 8.34. The fourth-order valence-corrected chi connectivity index (χ4v) is 1.47. The molecule has 0 aliphatic rings. The molecule has 0 aliphatic carbocycles. The lowest BCUT2D eigenvalue weighted by Gasteiger charge is -2.28. The Bertz CT molecular complexity index is 283. The van der Waals surface area contributed by atoms with Gasteiger partial charge in [0, 0.05) is 14.2 Å². The first-order valence-corrected chi connectivity index (χ1v) is 6.10. The average Bonchev–Trinajstić information content (AvgIpc) is 2.33. The van der Waals surface area contributed by atoms with Crippen LogP contribution in [0.15, 0.2) is 0 Å². The van der Waals surface area contributed by atoms with Gasteiger partial charge in [0.2, 0.25) is 0 Å². The van der Waals surface area contributed by atoms with Crippen LogP contribution in [0.3, 0.4) is 0 Å². The number of amides is 2. The molecule has 0 spiro atoms. The van der Waals surface area contributed by atoms with Gasteiger partial charge in [-0.2, -0.15) is 0 Å². The first-order valence-electron chi connectivity index (χ1n) is 6.10. The van der Waals surface area contributed by atoms with Crippen LogP contribution in [-0.4, -0.2) is 54.9 Å². The number of carbonyl (C=O) groups is 2. The molecule has 0 aromatic rings. The van der Waals surface area contributed by atoms with Gasteiger partial charge in [-0.05, 0) is 12.8 Å². The van der Waals surface area contributed by atoms with Gasteiger partial charge in [0.15, 0.2) is 0 Å². The van der Waals surface area contributed by atoms with Crippen molar-refractivity contribution in [3.63, 3.8) is 0 Å². The summed E-state index contributed by atoms with van der Waals surface area (Å²) in [7, 11) is 3.18. The number of carboxylic acid groups (broad SMARTS) is 1. The zero-order valence-electron chi connectivity index (χ0n) is 11.8. The molecule has 3 atom stereocenters. The van der Waals surface area contributed by atoms with Gasteiger partial charge in [0.1, 0.15) is 6.04 Å². The number of carbonyl (C=O) groups excluding carboxylic acids is 1. The van der Waals surface area contributed by atoms with E-state index in [4.69, 9.17) is 9.84 Å². The number of hydrogen-bond acceptors (Lipinski definition) is 3. The first kappa shape index (κ1) is 16.7. The van der Waals surface area contributed by atoms with Gasteiger partial charge in [-0.15, -0.1) is 0 Å². The maximum absolute atomic E-state index is 11.9. The highest BCUT2D eigenvalue weighted by atomic mass is 16.5. The van der Waals surface area contributed by atoms with E-state index in [1.54, 1.807) is 21.1 Å². The highest BCUT2D eigenvalue weighted by molar-refractivity contribution is 5.82. The summed E-state index contributed by atoms with van der Waals surface area (Å²) >= 11 is 0. The maximum Gasteiger partial charge on any atom is 0.326 e. The Morgan fingerprint density at radius 3 is 2.33 bits per heavy atom. The third-order valence-electron chi connectivity index (χ3n) is 3.15. The average molecular weight is 260 g/mol. The molecular formula is C12H24N2O4. The normalized spacial score (nSPS) is 15.6. The molecule has 106 valence electrons. The SMILES string of the molecule is CCC(C)C(NC(=O)N(C)C(C)COC)C(=O)O. The molecule has 0 radical (unpaired) electrons. The molecule has 0 heterocycles. The molecule has 0 saturated heterocycles. The van der Waals surface area contributed by atoms with Crippen LogP contribution in [0.2, 0.25) is 0 Å². The molecule has 0 aromatic carbocycles. The quantitative estimate of drug-likeness (QED) is 0.720. The number of urea groups is 1. The molecule has 2 amide bonds. The van der Waals surface area contributed by atoms with Gasteiger partial charge in [0.05, 0.1) is 12.6 Å². The number of carboxylic acids is 1.